The molecule has 1 atom stereocenters. The second-order valence-corrected chi connectivity index (χ2v) is 6.16. The predicted octanol–water partition coefficient (Wildman–Crippen LogP) is 5.30. The molecule has 1 unspecified atom stereocenters. The van der Waals surface area contributed by atoms with Crippen molar-refractivity contribution >= 4 is 0 Å². The van der Waals surface area contributed by atoms with Gasteiger partial charge < -0.3 is 5.32 Å². The Morgan fingerprint density at radius 2 is 1.44 bits per heavy atom. The molecular weight excluding hydrogens is 218 g/mol. The van der Waals surface area contributed by atoms with Gasteiger partial charge in [-0.15, -0.1) is 0 Å². The standard InChI is InChI=1S/C17H35N/c1-3-5-6-7-8-9-10-11-12-17(16-13-14-16)18-15-4-2/h16-18H,3-15H2,1-2H3. The van der Waals surface area contributed by atoms with Crippen molar-refractivity contribution in [2.24, 2.45) is 5.92 Å². The van der Waals surface area contributed by atoms with Crippen molar-refractivity contribution in [3.8, 4) is 0 Å². The summed E-state index contributed by atoms with van der Waals surface area (Å²) in [6.07, 6.45) is 17.3. The van der Waals surface area contributed by atoms with Crippen molar-refractivity contribution in [2.75, 3.05) is 6.54 Å². The maximum Gasteiger partial charge on any atom is 0.00953 e. The molecule has 0 aromatic rings. The minimum Gasteiger partial charge on any atom is -0.314 e. The lowest BCUT2D eigenvalue weighted by Crippen LogP contribution is -2.31. The number of rotatable bonds is 13. The number of nitrogens with one attached hydrogen (secondary N) is 1. The van der Waals surface area contributed by atoms with Gasteiger partial charge in [0.2, 0.25) is 0 Å². The zero-order valence-corrected chi connectivity index (χ0v) is 12.8. The molecule has 18 heavy (non-hydrogen) atoms. The highest BCUT2D eigenvalue weighted by molar-refractivity contribution is 4.86. The fourth-order valence-corrected chi connectivity index (χ4v) is 2.83. The lowest BCUT2D eigenvalue weighted by molar-refractivity contribution is 0.414. The molecule has 108 valence electrons. The molecule has 1 aliphatic rings. The molecule has 1 heteroatoms. The molecule has 0 amide bonds. The fraction of sp³-hybridized carbons (Fsp3) is 1.00. The zero-order chi connectivity index (χ0) is 13.1. The Hall–Kier alpha value is -0.0400. The average Bonchev–Trinajstić information content (AvgIpc) is 3.20. The molecule has 1 rings (SSSR count). The third-order valence-corrected chi connectivity index (χ3v) is 4.22. The van der Waals surface area contributed by atoms with E-state index in [0.717, 1.165) is 12.0 Å². The lowest BCUT2D eigenvalue weighted by Gasteiger charge is -2.17. The molecule has 1 saturated carbocycles. The van der Waals surface area contributed by atoms with Gasteiger partial charge in [0.15, 0.2) is 0 Å². The van der Waals surface area contributed by atoms with Crippen LogP contribution in [0.5, 0.6) is 0 Å². The molecule has 0 heterocycles. The van der Waals surface area contributed by atoms with Gasteiger partial charge in [-0.2, -0.15) is 0 Å². The third kappa shape index (κ3) is 8.13. The Kier molecular flexibility index (Phi) is 9.65. The predicted molar refractivity (Wildman–Crippen MR) is 82.0 cm³/mol. The van der Waals surface area contributed by atoms with Crippen LogP contribution in [0.25, 0.3) is 0 Å². The topological polar surface area (TPSA) is 12.0 Å². The maximum atomic E-state index is 3.75. The van der Waals surface area contributed by atoms with Gasteiger partial charge in [-0.1, -0.05) is 65.2 Å². The van der Waals surface area contributed by atoms with Crippen LogP contribution in [0.15, 0.2) is 0 Å². The van der Waals surface area contributed by atoms with Crippen LogP contribution in [0.4, 0.5) is 0 Å². The lowest BCUT2D eigenvalue weighted by atomic mass is 10.0. The Morgan fingerprint density at radius 3 is 2.00 bits per heavy atom. The summed E-state index contributed by atoms with van der Waals surface area (Å²) in [7, 11) is 0. The Labute approximate surface area is 115 Å². The molecule has 1 fully saturated rings. The van der Waals surface area contributed by atoms with Crippen LogP contribution >= 0.6 is 0 Å². The highest BCUT2D eigenvalue weighted by atomic mass is 14.9. The first kappa shape index (κ1) is 16.0. The first-order chi connectivity index (χ1) is 8.88. The third-order valence-electron chi connectivity index (χ3n) is 4.22. The summed E-state index contributed by atoms with van der Waals surface area (Å²) in [5.41, 5.74) is 0. The highest BCUT2D eigenvalue weighted by Gasteiger charge is 2.29. The van der Waals surface area contributed by atoms with Gasteiger partial charge in [0.25, 0.3) is 0 Å². The molecule has 1 aliphatic carbocycles. The van der Waals surface area contributed by atoms with E-state index in [4.69, 9.17) is 0 Å². The molecule has 0 aliphatic heterocycles. The smallest absolute Gasteiger partial charge is 0.00953 e. The van der Waals surface area contributed by atoms with Crippen LogP contribution in [0.2, 0.25) is 0 Å². The van der Waals surface area contributed by atoms with Gasteiger partial charge in [0.1, 0.15) is 0 Å². The number of unbranched alkanes of at least 4 members (excludes halogenated alkanes) is 7. The van der Waals surface area contributed by atoms with Crippen LogP contribution in [0.1, 0.15) is 90.9 Å². The summed E-state index contributed by atoms with van der Waals surface area (Å²) in [6.45, 7) is 5.78. The van der Waals surface area contributed by atoms with Crippen LogP contribution < -0.4 is 5.32 Å². The molecule has 1 nitrogen and oxygen atoms in total. The van der Waals surface area contributed by atoms with E-state index in [1.165, 1.54) is 83.6 Å². The fourth-order valence-electron chi connectivity index (χ4n) is 2.83. The Balaban J connectivity index is 1.88. The summed E-state index contributed by atoms with van der Waals surface area (Å²) in [5, 5.41) is 3.75. The quantitative estimate of drug-likeness (QED) is 0.439. The molecule has 1 N–H and O–H groups in total. The first-order valence-corrected chi connectivity index (χ1v) is 8.61. The van der Waals surface area contributed by atoms with Gasteiger partial charge in [0, 0.05) is 6.04 Å². The van der Waals surface area contributed by atoms with Gasteiger partial charge in [-0.3, -0.25) is 0 Å². The summed E-state index contributed by atoms with van der Waals surface area (Å²) in [5.74, 6) is 1.03. The molecule has 0 bridgehead atoms. The van der Waals surface area contributed by atoms with Gasteiger partial charge in [-0.05, 0) is 38.1 Å². The van der Waals surface area contributed by atoms with Gasteiger partial charge in [0.05, 0.1) is 0 Å². The van der Waals surface area contributed by atoms with Crippen LogP contribution in [0, 0.1) is 5.92 Å². The molecule has 0 aromatic heterocycles. The van der Waals surface area contributed by atoms with Crippen LogP contribution in [-0.4, -0.2) is 12.6 Å². The largest absolute Gasteiger partial charge is 0.314 e. The van der Waals surface area contributed by atoms with Crippen molar-refractivity contribution in [3.63, 3.8) is 0 Å². The van der Waals surface area contributed by atoms with E-state index in [1.54, 1.807) is 0 Å². The van der Waals surface area contributed by atoms with Crippen molar-refractivity contribution in [1.82, 2.24) is 5.32 Å². The van der Waals surface area contributed by atoms with Crippen molar-refractivity contribution in [1.29, 1.82) is 0 Å². The van der Waals surface area contributed by atoms with E-state index in [-0.39, 0.29) is 0 Å². The number of hydrogen-bond acceptors (Lipinski definition) is 1. The SMILES string of the molecule is CCCCCCCCCCC(NCCC)C1CC1. The van der Waals surface area contributed by atoms with Crippen LogP contribution in [-0.2, 0) is 0 Å². The van der Waals surface area contributed by atoms with E-state index in [2.05, 4.69) is 19.2 Å². The van der Waals surface area contributed by atoms with Crippen molar-refractivity contribution < 1.29 is 0 Å². The van der Waals surface area contributed by atoms with E-state index >= 15 is 0 Å². The second kappa shape index (κ2) is 10.8. The normalized spacial score (nSPS) is 17.0. The minimum absolute atomic E-state index is 0.852. The van der Waals surface area contributed by atoms with E-state index in [0.29, 0.717) is 0 Å². The minimum atomic E-state index is 0.852. The Bertz CT molecular complexity index is 174. The van der Waals surface area contributed by atoms with Crippen molar-refractivity contribution in [2.45, 2.75) is 96.9 Å². The second-order valence-electron chi connectivity index (χ2n) is 6.16. The van der Waals surface area contributed by atoms with E-state index in [9.17, 15) is 0 Å². The molecule has 0 spiro atoms. The Morgan fingerprint density at radius 1 is 0.833 bits per heavy atom. The maximum absolute atomic E-state index is 3.75. The van der Waals surface area contributed by atoms with Gasteiger partial charge >= 0.3 is 0 Å². The molecule has 0 aromatic carbocycles. The average molecular weight is 253 g/mol. The molecule has 0 saturated heterocycles. The highest BCUT2D eigenvalue weighted by Crippen LogP contribution is 2.34. The zero-order valence-electron chi connectivity index (χ0n) is 12.8. The first-order valence-electron chi connectivity index (χ1n) is 8.61. The molecular formula is C17H35N. The summed E-state index contributed by atoms with van der Waals surface area (Å²) >= 11 is 0. The van der Waals surface area contributed by atoms with Gasteiger partial charge in [-0.25, -0.2) is 0 Å². The summed E-state index contributed by atoms with van der Waals surface area (Å²) in [4.78, 5) is 0. The summed E-state index contributed by atoms with van der Waals surface area (Å²) < 4.78 is 0. The molecule has 0 radical (unpaired) electrons. The summed E-state index contributed by atoms with van der Waals surface area (Å²) in [6, 6.07) is 0.852. The van der Waals surface area contributed by atoms with E-state index in [1.807, 2.05) is 0 Å². The van der Waals surface area contributed by atoms with Crippen molar-refractivity contribution in [3.05, 3.63) is 0 Å². The number of hydrogen-bond donors (Lipinski definition) is 1. The van der Waals surface area contributed by atoms with E-state index < -0.39 is 0 Å². The van der Waals surface area contributed by atoms with Crippen LogP contribution in [0.3, 0.4) is 0 Å². The monoisotopic (exact) mass is 253 g/mol.